The van der Waals surface area contributed by atoms with E-state index in [-0.39, 0.29) is 24.5 Å². The number of likely N-dealkylation sites (tertiary alicyclic amines) is 1. The molecular weight excluding hydrogens is 581 g/mol. The molecule has 2 amide bonds. The van der Waals surface area contributed by atoms with Crippen molar-refractivity contribution in [2.45, 2.75) is 24.7 Å². The number of hydrogen-bond acceptors (Lipinski definition) is 4. The minimum atomic E-state index is -4.76. The summed E-state index contributed by atoms with van der Waals surface area (Å²) >= 11 is 12.5. The monoisotopic (exact) mass is 609 g/mol. The number of piperazine rings is 1. The summed E-state index contributed by atoms with van der Waals surface area (Å²) in [7, 11) is 1.83. The lowest BCUT2D eigenvalue weighted by molar-refractivity contribution is -0.140. The molecule has 2 atom stereocenters. The molecule has 0 N–H and O–H groups in total. The lowest BCUT2D eigenvalue weighted by atomic mass is 9.93. The van der Waals surface area contributed by atoms with Crippen molar-refractivity contribution in [1.82, 2.24) is 19.7 Å². The van der Waals surface area contributed by atoms with Crippen molar-refractivity contribution in [3.8, 4) is 0 Å². The van der Waals surface area contributed by atoms with E-state index in [0.29, 0.717) is 54.9 Å². The predicted molar refractivity (Wildman–Crippen MR) is 151 cm³/mol. The molecule has 6 nitrogen and oxygen atoms in total. The van der Waals surface area contributed by atoms with Crippen LogP contribution < -0.4 is 4.90 Å². The second kappa shape index (κ2) is 12.0. The SMILES string of the molecule is CN(Cc1ccc(C(F)(F)F)c(F)c1)C1CN(C(=O)N2CCN(c3ccncc3)CC2)CC1c1ccc(Cl)c(Cl)c1. The Labute approximate surface area is 246 Å². The molecule has 2 aliphatic heterocycles. The van der Waals surface area contributed by atoms with Gasteiger partial charge >= 0.3 is 12.2 Å². The molecule has 2 aromatic carbocycles. The van der Waals surface area contributed by atoms with Crippen LogP contribution in [0.4, 0.5) is 28.0 Å². The number of hydrogen-bond donors (Lipinski definition) is 0. The average Bonchev–Trinajstić information content (AvgIpc) is 3.40. The van der Waals surface area contributed by atoms with Gasteiger partial charge in [0.1, 0.15) is 5.82 Å². The lowest BCUT2D eigenvalue weighted by Crippen LogP contribution is -2.52. The number of anilines is 1. The van der Waals surface area contributed by atoms with E-state index < -0.39 is 17.6 Å². The number of rotatable bonds is 5. The first kappa shape index (κ1) is 29.4. The molecule has 3 heterocycles. The number of benzene rings is 2. The van der Waals surface area contributed by atoms with Gasteiger partial charge in [0.15, 0.2) is 0 Å². The normalized spacial score (nSPS) is 19.8. The van der Waals surface area contributed by atoms with Gasteiger partial charge in [-0.2, -0.15) is 13.2 Å². The van der Waals surface area contributed by atoms with Gasteiger partial charge in [-0.15, -0.1) is 0 Å². The van der Waals surface area contributed by atoms with Crippen molar-refractivity contribution in [2.75, 3.05) is 51.2 Å². The van der Waals surface area contributed by atoms with E-state index in [4.69, 9.17) is 23.2 Å². The zero-order valence-electron chi connectivity index (χ0n) is 22.3. The Bertz CT molecular complexity index is 1390. The number of alkyl halides is 3. The van der Waals surface area contributed by atoms with E-state index in [0.717, 1.165) is 23.4 Å². The first-order valence-electron chi connectivity index (χ1n) is 13.2. The summed E-state index contributed by atoms with van der Waals surface area (Å²) in [6.07, 6.45) is -1.27. The van der Waals surface area contributed by atoms with E-state index in [2.05, 4.69) is 9.88 Å². The molecular formula is C29H29Cl2F4N5O. The Hall–Kier alpha value is -3.08. The highest BCUT2D eigenvalue weighted by atomic mass is 35.5. The third-order valence-electron chi connectivity index (χ3n) is 7.85. The number of amides is 2. The van der Waals surface area contributed by atoms with Crippen molar-refractivity contribution >= 4 is 34.9 Å². The first-order valence-corrected chi connectivity index (χ1v) is 14.0. The second-order valence-corrected chi connectivity index (χ2v) is 11.3. The van der Waals surface area contributed by atoms with Crippen molar-refractivity contribution in [2.24, 2.45) is 0 Å². The van der Waals surface area contributed by atoms with E-state index in [1.165, 1.54) is 6.07 Å². The van der Waals surface area contributed by atoms with Gasteiger partial charge < -0.3 is 14.7 Å². The third-order valence-corrected chi connectivity index (χ3v) is 8.59. The standard InChI is InChI=1S/C29H29Cl2F4N5O/c1-37(16-19-2-4-23(26(32)14-19)29(33,34)35)27-18-40(17-22(27)20-3-5-24(30)25(31)15-20)28(41)39-12-10-38(11-13-39)21-6-8-36-9-7-21/h2-9,14-15,22,27H,10-13,16-18H2,1H3. The van der Waals surface area contributed by atoms with Crippen LogP contribution in [0, 0.1) is 5.82 Å². The molecule has 218 valence electrons. The van der Waals surface area contributed by atoms with Gasteiger partial charge in [0.25, 0.3) is 0 Å². The molecule has 0 bridgehead atoms. The number of aromatic nitrogens is 1. The minimum Gasteiger partial charge on any atom is -0.368 e. The summed E-state index contributed by atoms with van der Waals surface area (Å²) < 4.78 is 53.4. The number of nitrogens with zero attached hydrogens (tertiary/aromatic N) is 5. The Balaban J connectivity index is 1.32. The molecule has 2 saturated heterocycles. The molecule has 2 unspecified atom stereocenters. The highest BCUT2D eigenvalue weighted by Crippen LogP contribution is 2.36. The van der Waals surface area contributed by atoms with Gasteiger partial charge in [-0.1, -0.05) is 35.3 Å². The highest BCUT2D eigenvalue weighted by Gasteiger charge is 2.40. The highest BCUT2D eigenvalue weighted by molar-refractivity contribution is 6.42. The van der Waals surface area contributed by atoms with Gasteiger partial charge in [-0.3, -0.25) is 9.88 Å². The largest absolute Gasteiger partial charge is 0.419 e. The number of halogens is 6. The maximum absolute atomic E-state index is 14.3. The van der Waals surface area contributed by atoms with Crippen molar-refractivity contribution < 1.29 is 22.4 Å². The van der Waals surface area contributed by atoms with Crippen molar-refractivity contribution in [3.05, 3.63) is 93.5 Å². The van der Waals surface area contributed by atoms with Gasteiger partial charge in [0, 0.05) is 75.9 Å². The molecule has 0 saturated carbocycles. The Morgan fingerprint density at radius 3 is 2.29 bits per heavy atom. The molecule has 0 radical (unpaired) electrons. The number of likely N-dealkylation sites (N-methyl/N-ethyl adjacent to an activating group) is 1. The van der Waals surface area contributed by atoms with Crippen LogP contribution >= 0.6 is 23.2 Å². The first-order chi connectivity index (χ1) is 19.5. The molecule has 2 aliphatic rings. The molecule has 5 rings (SSSR count). The summed E-state index contributed by atoms with van der Waals surface area (Å²) in [5, 5.41) is 0.811. The van der Waals surface area contributed by atoms with Crippen LogP contribution in [0.2, 0.25) is 10.0 Å². The smallest absolute Gasteiger partial charge is 0.368 e. The Kier molecular flexibility index (Phi) is 8.63. The van der Waals surface area contributed by atoms with Crippen LogP contribution in [-0.2, 0) is 12.7 Å². The quantitative estimate of drug-likeness (QED) is 0.315. The Morgan fingerprint density at radius 2 is 1.66 bits per heavy atom. The maximum atomic E-state index is 14.3. The van der Waals surface area contributed by atoms with E-state index >= 15 is 0 Å². The molecule has 3 aromatic rings. The lowest BCUT2D eigenvalue weighted by Gasteiger charge is -2.37. The Morgan fingerprint density at radius 1 is 0.951 bits per heavy atom. The molecule has 41 heavy (non-hydrogen) atoms. The summed E-state index contributed by atoms with van der Waals surface area (Å²) in [5.41, 5.74) is 1.07. The molecule has 12 heteroatoms. The summed E-state index contributed by atoms with van der Waals surface area (Å²) in [4.78, 5) is 25.5. The number of carbonyl (C=O) groups excluding carboxylic acids is 1. The van der Waals surface area contributed by atoms with E-state index in [9.17, 15) is 22.4 Å². The fraction of sp³-hybridized carbons (Fsp3) is 0.379. The second-order valence-electron chi connectivity index (χ2n) is 10.4. The maximum Gasteiger partial charge on any atom is 0.419 e. The number of pyridine rings is 1. The molecule has 1 aromatic heterocycles. The third kappa shape index (κ3) is 6.55. The van der Waals surface area contributed by atoms with Crippen LogP contribution in [0.15, 0.2) is 60.9 Å². The van der Waals surface area contributed by atoms with E-state index in [1.54, 1.807) is 24.5 Å². The van der Waals surface area contributed by atoms with Crippen LogP contribution in [0.1, 0.15) is 22.6 Å². The van der Waals surface area contributed by atoms with Crippen LogP contribution in [-0.4, -0.2) is 78.1 Å². The topological polar surface area (TPSA) is 42.9 Å². The van der Waals surface area contributed by atoms with Gasteiger partial charge in [-0.25, -0.2) is 9.18 Å². The molecule has 2 fully saturated rings. The number of urea groups is 1. The summed E-state index contributed by atoms with van der Waals surface area (Å²) in [6.45, 7) is 3.56. The van der Waals surface area contributed by atoms with Gasteiger partial charge in [0.2, 0.25) is 0 Å². The molecule has 0 spiro atoms. The van der Waals surface area contributed by atoms with Crippen LogP contribution in [0.25, 0.3) is 0 Å². The minimum absolute atomic E-state index is 0.0686. The fourth-order valence-electron chi connectivity index (χ4n) is 5.66. The summed E-state index contributed by atoms with van der Waals surface area (Å²) in [5.74, 6) is -1.45. The molecule has 0 aliphatic carbocycles. The van der Waals surface area contributed by atoms with Crippen molar-refractivity contribution in [1.29, 1.82) is 0 Å². The van der Waals surface area contributed by atoms with E-state index in [1.807, 2.05) is 39.9 Å². The predicted octanol–water partition coefficient (Wildman–Crippen LogP) is 6.39. The zero-order valence-corrected chi connectivity index (χ0v) is 23.8. The van der Waals surface area contributed by atoms with Crippen LogP contribution in [0.3, 0.4) is 0 Å². The van der Waals surface area contributed by atoms with Gasteiger partial charge in [0.05, 0.1) is 15.6 Å². The van der Waals surface area contributed by atoms with Gasteiger partial charge in [-0.05, 0) is 54.6 Å². The number of carbonyl (C=O) groups is 1. The van der Waals surface area contributed by atoms with Crippen molar-refractivity contribution in [3.63, 3.8) is 0 Å². The zero-order chi connectivity index (χ0) is 29.3. The summed E-state index contributed by atoms with van der Waals surface area (Å²) in [6, 6.07) is 12.0. The average molecular weight is 610 g/mol. The fourth-order valence-corrected chi connectivity index (χ4v) is 5.97. The van der Waals surface area contributed by atoms with Crippen LogP contribution in [0.5, 0.6) is 0 Å².